The second-order valence-corrected chi connectivity index (χ2v) is 4.89. The van der Waals surface area contributed by atoms with Crippen LogP contribution in [0.3, 0.4) is 0 Å². The topological polar surface area (TPSA) is 57.7 Å². The van der Waals surface area contributed by atoms with Crippen LogP contribution in [0.25, 0.3) is 6.08 Å². The van der Waals surface area contributed by atoms with Crippen molar-refractivity contribution in [2.45, 2.75) is 6.92 Å². The average molecular weight is 302 g/mol. The van der Waals surface area contributed by atoms with E-state index in [2.05, 4.69) is 6.58 Å². The Morgan fingerprint density at radius 2 is 1.77 bits per heavy atom. The van der Waals surface area contributed by atoms with Gasteiger partial charge in [0.2, 0.25) is 0 Å². The van der Waals surface area contributed by atoms with Crippen LogP contribution in [-0.4, -0.2) is 40.7 Å². The molecule has 5 nitrogen and oxygen atoms in total. The molecule has 0 unspecified atom stereocenters. The number of hydrogen-bond acceptors (Lipinski definition) is 3. The third-order valence-corrected chi connectivity index (χ3v) is 3.17. The van der Waals surface area contributed by atoms with Gasteiger partial charge in [-0.3, -0.25) is 19.4 Å². The lowest BCUT2D eigenvalue weighted by molar-refractivity contribution is -0.124. The van der Waals surface area contributed by atoms with Gasteiger partial charge in [0.15, 0.2) is 0 Å². The molecule has 0 N–H and O–H groups in total. The lowest BCUT2D eigenvalue weighted by atomic mass is 10.2. The molecule has 1 heterocycles. The van der Waals surface area contributed by atoms with Crippen LogP contribution < -0.4 is 0 Å². The third kappa shape index (κ3) is 3.28. The first-order chi connectivity index (χ1) is 10.4. The van der Waals surface area contributed by atoms with Crippen molar-refractivity contribution in [2.75, 3.05) is 13.1 Å². The third-order valence-electron chi connectivity index (χ3n) is 3.17. The highest BCUT2D eigenvalue weighted by atomic mass is 19.1. The average Bonchev–Trinajstić information content (AvgIpc) is 2.87. The lowest BCUT2D eigenvalue weighted by Gasteiger charge is -2.14. The molecule has 1 aliphatic heterocycles. The molecule has 1 aromatic rings. The summed E-state index contributed by atoms with van der Waals surface area (Å²) in [4.78, 5) is 37.8. The standard InChI is InChI=1S/C16H15FN2O3/c1-11(2)15(21)19-10-9-18(16(19)22)14(20)8-5-12-3-6-13(17)7-4-12/h3-8H,1,9-10H2,2H3/b8-5+. The number of amides is 4. The maximum Gasteiger partial charge on any atom is 0.334 e. The van der Waals surface area contributed by atoms with Gasteiger partial charge < -0.3 is 0 Å². The van der Waals surface area contributed by atoms with Crippen LogP contribution in [0.1, 0.15) is 12.5 Å². The Morgan fingerprint density at radius 3 is 2.36 bits per heavy atom. The molecule has 1 aliphatic rings. The summed E-state index contributed by atoms with van der Waals surface area (Å²) >= 11 is 0. The molecule has 0 atom stereocenters. The van der Waals surface area contributed by atoms with E-state index in [9.17, 15) is 18.8 Å². The Bertz CT molecular complexity index is 664. The number of carbonyl (C=O) groups is 3. The van der Waals surface area contributed by atoms with E-state index < -0.39 is 17.8 Å². The number of halogens is 1. The van der Waals surface area contributed by atoms with E-state index in [1.54, 1.807) is 0 Å². The highest BCUT2D eigenvalue weighted by Crippen LogP contribution is 2.13. The van der Waals surface area contributed by atoms with Crippen molar-refractivity contribution in [2.24, 2.45) is 0 Å². The number of nitrogens with zero attached hydrogens (tertiary/aromatic N) is 2. The molecule has 0 radical (unpaired) electrons. The van der Waals surface area contributed by atoms with Crippen LogP contribution >= 0.6 is 0 Å². The molecular formula is C16H15FN2O3. The number of urea groups is 1. The smallest absolute Gasteiger partial charge is 0.269 e. The Balaban J connectivity index is 2.05. The molecule has 2 rings (SSSR count). The maximum atomic E-state index is 12.8. The van der Waals surface area contributed by atoms with Crippen LogP contribution in [0, 0.1) is 5.82 Å². The zero-order valence-electron chi connectivity index (χ0n) is 12.1. The quantitative estimate of drug-likeness (QED) is 0.804. The van der Waals surface area contributed by atoms with Crippen LogP contribution in [-0.2, 0) is 9.59 Å². The summed E-state index contributed by atoms with van der Waals surface area (Å²) in [7, 11) is 0. The fourth-order valence-electron chi connectivity index (χ4n) is 1.99. The summed E-state index contributed by atoms with van der Waals surface area (Å²) in [6.07, 6.45) is 2.71. The highest BCUT2D eigenvalue weighted by Gasteiger charge is 2.35. The van der Waals surface area contributed by atoms with Gasteiger partial charge >= 0.3 is 6.03 Å². The van der Waals surface area contributed by atoms with E-state index in [0.29, 0.717) is 5.56 Å². The van der Waals surface area contributed by atoms with Gasteiger partial charge in [0, 0.05) is 24.7 Å². The first-order valence-electron chi connectivity index (χ1n) is 6.66. The number of carbonyl (C=O) groups excluding carboxylic acids is 3. The molecule has 0 spiro atoms. The molecule has 0 aromatic heterocycles. The van der Waals surface area contributed by atoms with Crippen molar-refractivity contribution in [3.05, 3.63) is 53.9 Å². The van der Waals surface area contributed by atoms with E-state index >= 15 is 0 Å². The molecule has 0 bridgehead atoms. The van der Waals surface area contributed by atoms with Crippen molar-refractivity contribution in [1.29, 1.82) is 0 Å². The Hall–Kier alpha value is -2.76. The van der Waals surface area contributed by atoms with Gasteiger partial charge in [0.25, 0.3) is 11.8 Å². The zero-order valence-corrected chi connectivity index (χ0v) is 12.1. The molecular weight excluding hydrogens is 287 g/mol. The van der Waals surface area contributed by atoms with Crippen LogP contribution in [0.5, 0.6) is 0 Å². The number of benzene rings is 1. The van der Waals surface area contributed by atoms with E-state index in [4.69, 9.17) is 0 Å². The van der Waals surface area contributed by atoms with Gasteiger partial charge in [-0.15, -0.1) is 0 Å². The summed E-state index contributed by atoms with van der Waals surface area (Å²) < 4.78 is 12.8. The molecule has 22 heavy (non-hydrogen) atoms. The van der Waals surface area contributed by atoms with Crippen molar-refractivity contribution < 1.29 is 18.8 Å². The molecule has 0 aliphatic carbocycles. The first-order valence-corrected chi connectivity index (χ1v) is 6.66. The van der Waals surface area contributed by atoms with Crippen molar-refractivity contribution in [1.82, 2.24) is 9.80 Å². The maximum absolute atomic E-state index is 12.8. The number of rotatable bonds is 3. The normalized spacial score (nSPS) is 14.7. The zero-order chi connectivity index (χ0) is 16.3. The van der Waals surface area contributed by atoms with E-state index in [1.165, 1.54) is 43.3 Å². The lowest BCUT2D eigenvalue weighted by Crippen LogP contribution is -2.38. The molecule has 0 saturated carbocycles. The van der Waals surface area contributed by atoms with E-state index in [0.717, 1.165) is 9.80 Å². The summed E-state index contributed by atoms with van der Waals surface area (Å²) in [5.41, 5.74) is 0.876. The van der Waals surface area contributed by atoms with Gasteiger partial charge in [0.1, 0.15) is 5.82 Å². The summed E-state index contributed by atoms with van der Waals surface area (Å²) in [5.74, 6) is -1.37. The molecule has 1 saturated heterocycles. The second-order valence-electron chi connectivity index (χ2n) is 4.89. The van der Waals surface area contributed by atoms with Gasteiger partial charge in [-0.05, 0) is 30.7 Å². The Kier molecular flexibility index (Phi) is 4.50. The fraction of sp³-hybridized carbons (Fsp3) is 0.188. The van der Waals surface area contributed by atoms with Crippen LogP contribution in [0.4, 0.5) is 9.18 Å². The van der Waals surface area contributed by atoms with Crippen molar-refractivity contribution in [3.63, 3.8) is 0 Å². The van der Waals surface area contributed by atoms with Gasteiger partial charge in [-0.1, -0.05) is 18.7 Å². The van der Waals surface area contributed by atoms with Crippen molar-refractivity contribution in [3.8, 4) is 0 Å². The van der Waals surface area contributed by atoms with Crippen molar-refractivity contribution >= 4 is 23.9 Å². The minimum Gasteiger partial charge on any atom is -0.269 e. The van der Waals surface area contributed by atoms with Crippen LogP contribution in [0.15, 0.2) is 42.5 Å². The number of imide groups is 2. The van der Waals surface area contributed by atoms with Crippen LogP contribution in [0.2, 0.25) is 0 Å². The molecule has 1 aromatic carbocycles. The van der Waals surface area contributed by atoms with E-state index in [1.807, 2.05) is 0 Å². The minimum absolute atomic E-state index is 0.143. The molecule has 1 fully saturated rings. The molecule has 6 heteroatoms. The summed E-state index contributed by atoms with van der Waals surface area (Å²) in [6, 6.07) is 4.93. The summed E-state index contributed by atoms with van der Waals surface area (Å²) in [6.45, 7) is 5.30. The number of hydrogen-bond donors (Lipinski definition) is 0. The van der Waals surface area contributed by atoms with Gasteiger partial charge in [-0.2, -0.15) is 0 Å². The second kappa shape index (κ2) is 6.34. The fourth-order valence-corrected chi connectivity index (χ4v) is 1.99. The largest absolute Gasteiger partial charge is 0.334 e. The Labute approximate surface area is 127 Å². The molecule has 4 amide bonds. The van der Waals surface area contributed by atoms with E-state index in [-0.39, 0.29) is 24.5 Å². The Morgan fingerprint density at radius 1 is 1.18 bits per heavy atom. The monoisotopic (exact) mass is 302 g/mol. The van der Waals surface area contributed by atoms with Gasteiger partial charge in [0.05, 0.1) is 0 Å². The highest BCUT2D eigenvalue weighted by molar-refractivity contribution is 6.10. The summed E-state index contributed by atoms with van der Waals surface area (Å²) in [5, 5.41) is 0. The predicted molar refractivity (Wildman–Crippen MR) is 79.1 cm³/mol. The predicted octanol–water partition coefficient (Wildman–Crippen LogP) is 2.21. The molecule has 114 valence electrons. The minimum atomic E-state index is -0.651. The first kappa shape index (κ1) is 15.6. The SMILES string of the molecule is C=C(C)C(=O)N1CCN(C(=O)/C=C/c2ccc(F)cc2)C1=O. The van der Waals surface area contributed by atoms with Gasteiger partial charge in [-0.25, -0.2) is 9.18 Å².